The molecule has 5 nitrogen and oxygen atoms in total. The summed E-state index contributed by atoms with van der Waals surface area (Å²) in [7, 11) is 0. The van der Waals surface area contributed by atoms with Gasteiger partial charge in [0.25, 0.3) is 5.91 Å². The van der Waals surface area contributed by atoms with Gasteiger partial charge in [-0.1, -0.05) is 17.7 Å². The van der Waals surface area contributed by atoms with Gasteiger partial charge in [-0.05, 0) is 69.2 Å². The van der Waals surface area contributed by atoms with Crippen molar-refractivity contribution in [3.63, 3.8) is 0 Å². The molecule has 1 amide bonds. The van der Waals surface area contributed by atoms with Crippen molar-refractivity contribution in [1.29, 1.82) is 0 Å². The number of hydrogen-bond acceptors (Lipinski definition) is 3. The summed E-state index contributed by atoms with van der Waals surface area (Å²) < 4.78 is 2.00. The van der Waals surface area contributed by atoms with Crippen molar-refractivity contribution in [2.24, 2.45) is 0 Å². The van der Waals surface area contributed by atoms with Gasteiger partial charge in [0.05, 0.1) is 17.3 Å². The summed E-state index contributed by atoms with van der Waals surface area (Å²) in [5.74, 6) is 0.135. The number of rotatable bonds is 3. The van der Waals surface area contributed by atoms with Crippen molar-refractivity contribution in [1.82, 2.24) is 20.0 Å². The van der Waals surface area contributed by atoms with Crippen LogP contribution in [0.2, 0.25) is 0 Å². The lowest BCUT2D eigenvalue weighted by molar-refractivity contribution is 0.0733. The van der Waals surface area contributed by atoms with E-state index in [1.165, 1.54) is 47.9 Å². The van der Waals surface area contributed by atoms with Crippen LogP contribution in [0.25, 0.3) is 0 Å². The average molecular weight is 364 g/mol. The molecule has 1 aromatic heterocycles. The van der Waals surface area contributed by atoms with Crippen molar-refractivity contribution in [3.8, 4) is 0 Å². The summed E-state index contributed by atoms with van der Waals surface area (Å²) in [6.45, 7) is 6.75. The molecule has 1 saturated carbocycles. The van der Waals surface area contributed by atoms with Crippen LogP contribution in [0, 0.1) is 13.8 Å². The van der Waals surface area contributed by atoms with E-state index in [1.54, 1.807) is 0 Å². The maximum atomic E-state index is 13.2. The molecule has 1 aliphatic carbocycles. The van der Waals surface area contributed by atoms with Gasteiger partial charge in [-0.25, -0.2) is 0 Å². The van der Waals surface area contributed by atoms with Crippen LogP contribution in [0.15, 0.2) is 18.3 Å². The molecule has 1 aromatic carbocycles. The molecular formula is C22H28N4O. The number of aryl methyl sites for hydroxylation is 2. The first-order chi connectivity index (χ1) is 13.1. The first-order valence-corrected chi connectivity index (χ1v) is 10.3. The fraction of sp³-hybridized carbons (Fsp3) is 0.545. The molecule has 2 fully saturated rings. The lowest BCUT2D eigenvalue weighted by Crippen LogP contribution is -2.37. The lowest BCUT2D eigenvalue weighted by Gasteiger charge is -2.32. The van der Waals surface area contributed by atoms with Gasteiger partial charge in [0.15, 0.2) is 0 Å². The average Bonchev–Trinajstić information content (AvgIpc) is 3.22. The molecule has 1 atom stereocenters. The Kier molecular flexibility index (Phi) is 4.08. The number of hydrogen-bond donors (Lipinski definition) is 1. The Balaban J connectivity index is 1.44. The Morgan fingerprint density at radius 3 is 2.81 bits per heavy atom. The zero-order chi connectivity index (χ0) is 18.5. The molecule has 3 aliphatic rings. The van der Waals surface area contributed by atoms with Crippen LogP contribution in [-0.4, -0.2) is 33.7 Å². The quantitative estimate of drug-likeness (QED) is 0.907. The highest BCUT2D eigenvalue weighted by Crippen LogP contribution is 2.35. The van der Waals surface area contributed by atoms with Gasteiger partial charge >= 0.3 is 0 Å². The van der Waals surface area contributed by atoms with Gasteiger partial charge in [0.1, 0.15) is 0 Å². The van der Waals surface area contributed by atoms with Gasteiger partial charge in [-0.3, -0.25) is 9.48 Å². The number of carbonyl (C=O) groups is 1. The summed E-state index contributed by atoms with van der Waals surface area (Å²) in [6.07, 6.45) is 7.70. The predicted octanol–water partition coefficient (Wildman–Crippen LogP) is 3.46. The van der Waals surface area contributed by atoms with Crippen LogP contribution < -0.4 is 5.32 Å². The fourth-order valence-electron chi connectivity index (χ4n) is 4.68. The molecule has 5 rings (SSSR count). The van der Waals surface area contributed by atoms with Crippen LogP contribution in [-0.2, 0) is 13.0 Å². The van der Waals surface area contributed by atoms with Crippen LogP contribution in [0.4, 0.5) is 0 Å². The number of fused-ring (bicyclic) bond motifs is 1. The number of nitrogens with one attached hydrogen (secondary N) is 1. The third-order valence-corrected chi connectivity index (χ3v) is 6.31. The van der Waals surface area contributed by atoms with E-state index in [-0.39, 0.29) is 5.91 Å². The third kappa shape index (κ3) is 3.08. The van der Waals surface area contributed by atoms with Crippen molar-refractivity contribution >= 4 is 5.91 Å². The molecule has 0 unspecified atom stereocenters. The number of amides is 1. The van der Waals surface area contributed by atoms with E-state index >= 15 is 0 Å². The minimum Gasteiger partial charge on any atom is -0.334 e. The Bertz CT molecular complexity index is 890. The summed E-state index contributed by atoms with van der Waals surface area (Å²) >= 11 is 0. The molecule has 2 aliphatic heterocycles. The Morgan fingerprint density at radius 1 is 1.22 bits per heavy atom. The van der Waals surface area contributed by atoms with Gasteiger partial charge in [0.2, 0.25) is 0 Å². The lowest BCUT2D eigenvalue weighted by atomic mass is 9.88. The van der Waals surface area contributed by atoms with Gasteiger partial charge in [-0.15, -0.1) is 0 Å². The normalized spacial score (nSPS) is 22.1. The van der Waals surface area contributed by atoms with Crippen LogP contribution in [0.1, 0.15) is 76.1 Å². The minimum atomic E-state index is 0.135. The number of nitrogens with zero attached hydrogens (tertiary/aromatic N) is 3. The van der Waals surface area contributed by atoms with Gasteiger partial charge in [0, 0.05) is 25.3 Å². The monoisotopic (exact) mass is 364 g/mol. The second-order valence-electron chi connectivity index (χ2n) is 8.46. The maximum absolute atomic E-state index is 13.2. The second kappa shape index (κ2) is 6.48. The Labute approximate surface area is 160 Å². The predicted molar refractivity (Wildman–Crippen MR) is 105 cm³/mol. The molecule has 0 bridgehead atoms. The molecule has 3 heterocycles. The first kappa shape index (κ1) is 17.0. The Morgan fingerprint density at radius 2 is 2.07 bits per heavy atom. The first-order valence-electron chi connectivity index (χ1n) is 10.3. The zero-order valence-corrected chi connectivity index (χ0v) is 16.3. The van der Waals surface area contributed by atoms with E-state index < -0.39 is 0 Å². The molecule has 1 saturated heterocycles. The van der Waals surface area contributed by atoms with Crippen LogP contribution >= 0.6 is 0 Å². The topological polar surface area (TPSA) is 50.2 Å². The summed E-state index contributed by atoms with van der Waals surface area (Å²) in [5.41, 5.74) is 7.17. The summed E-state index contributed by atoms with van der Waals surface area (Å²) in [4.78, 5) is 15.3. The largest absolute Gasteiger partial charge is 0.334 e. The van der Waals surface area contributed by atoms with Gasteiger partial charge in [-0.2, -0.15) is 5.10 Å². The molecule has 0 spiro atoms. The highest BCUT2D eigenvalue weighted by molar-refractivity contribution is 5.95. The number of aromatic nitrogens is 2. The van der Waals surface area contributed by atoms with Crippen LogP contribution in [0.3, 0.4) is 0 Å². The summed E-state index contributed by atoms with van der Waals surface area (Å²) in [6, 6.07) is 5.58. The van der Waals surface area contributed by atoms with Crippen LogP contribution in [0.5, 0.6) is 0 Å². The zero-order valence-electron chi connectivity index (χ0n) is 16.3. The number of carbonyl (C=O) groups excluding carboxylic acids is 1. The molecule has 5 heteroatoms. The highest BCUT2D eigenvalue weighted by Gasteiger charge is 2.31. The summed E-state index contributed by atoms with van der Waals surface area (Å²) in [5, 5.41) is 8.23. The van der Waals surface area contributed by atoms with Gasteiger partial charge < -0.3 is 10.2 Å². The van der Waals surface area contributed by atoms with Crippen molar-refractivity contribution in [2.75, 3.05) is 13.1 Å². The molecule has 27 heavy (non-hydrogen) atoms. The highest BCUT2D eigenvalue weighted by atomic mass is 16.2. The molecule has 0 radical (unpaired) electrons. The molecule has 1 N–H and O–H groups in total. The SMILES string of the molecule is Cc1cc2c(c([C@@H]3CCCN3)c1)CN(C(=O)c1cn(C3CC3)nc1C)CC2. The fourth-order valence-corrected chi connectivity index (χ4v) is 4.68. The maximum Gasteiger partial charge on any atom is 0.257 e. The second-order valence-corrected chi connectivity index (χ2v) is 8.46. The molecular weight excluding hydrogens is 336 g/mol. The molecule has 142 valence electrons. The standard InChI is InChI=1S/C22H28N4O/c1-14-10-16-7-9-25(12-20(16)18(11-14)21-4-3-8-23-21)22(27)19-13-26(17-5-6-17)24-15(19)2/h10-11,13,17,21,23H,3-9,12H2,1-2H3/t21-/m0/s1. The van der Waals surface area contributed by atoms with E-state index in [0.717, 1.165) is 37.3 Å². The number of benzene rings is 1. The van der Waals surface area contributed by atoms with Crippen molar-refractivity contribution < 1.29 is 4.79 Å². The van der Waals surface area contributed by atoms with E-state index in [1.807, 2.05) is 22.7 Å². The minimum absolute atomic E-state index is 0.135. The van der Waals surface area contributed by atoms with E-state index in [0.29, 0.717) is 12.1 Å². The Hall–Kier alpha value is -2.14. The van der Waals surface area contributed by atoms with Crippen molar-refractivity contribution in [2.45, 2.75) is 64.6 Å². The van der Waals surface area contributed by atoms with E-state index in [2.05, 4.69) is 29.5 Å². The van der Waals surface area contributed by atoms with Crippen molar-refractivity contribution in [3.05, 3.63) is 51.8 Å². The van der Waals surface area contributed by atoms with E-state index in [9.17, 15) is 4.79 Å². The third-order valence-electron chi connectivity index (χ3n) is 6.31. The molecule has 2 aromatic rings. The van der Waals surface area contributed by atoms with E-state index in [4.69, 9.17) is 0 Å². The smallest absolute Gasteiger partial charge is 0.257 e.